The number of rotatable bonds is 8. The van der Waals surface area contributed by atoms with Crippen LogP contribution in [0.1, 0.15) is 51.0 Å². The average Bonchev–Trinajstić information content (AvgIpc) is 3.27. The summed E-state index contributed by atoms with van der Waals surface area (Å²) in [7, 11) is -3.75. The first kappa shape index (κ1) is 26.4. The van der Waals surface area contributed by atoms with Gasteiger partial charge in [-0.05, 0) is 77.7 Å². The lowest BCUT2D eigenvalue weighted by molar-refractivity contribution is -0.130. The van der Waals surface area contributed by atoms with Gasteiger partial charge in [-0.1, -0.05) is 36.6 Å². The molecular weight excluding hydrogens is 552 g/mol. The molecule has 0 unspecified atom stereocenters. The molecule has 7 nitrogen and oxygen atoms in total. The van der Waals surface area contributed by atoms with Crippen LogP contribution in [0.3, 0.4) is 0 Å². The van der Waals surface area contributed by atoms with Crippen LogP contribution >= 0.6 is 27.5 Å². The van der Waals surface area contributed by atoms with Crippen LogP contribution in [0.2, 0.25) is 5.02 Å². The molecule has 0 atom stereocenters. The van der Waals surface area contributed by atoms with Gasteiger partial charge in [0.2, 0.25) is 15.9 Å². The summed E-state index contributed by atoms with van der Waals surface area (Å²) >= 11 is 9.52. The van der Waals surface area contributed by atoms with Gasteiger partial charge in [0.05, 0.1) is 4.47 Å². The maximum absolute atomic E-state index is 13.3. The van der Waals surface area contributed by atoms with Gasteiger partial charge in [-0.2, -0.15) is 0 Å². The molecule has 2 N–H and O–H groups in total. The van der Waals surface area contributed by atoms with Crippen molar-refractivity contribution in [2.45, 2.75) is 62.3 Å². The number of hydrogen-bond donors (Lipinski definition) is 2. The second-order valence-corrected chi connectivity index (χ2v) is 12.7. The van der Waals surface area contributed by atoms with E-state index in [0.717, 1.165) is 63.7 Å². The van der Waals surface area contributed by atoms with Crippen molar-refractivity contribution in [1.82, 2.24) is 14.6 Å². The minimum Gasteiger partial charge on any atom is -0.369 e. The summed E-state index contributed by atoms with van der Waals surface area (Å²) < 4.78 is 30.3. The highest BCUT2D eigenvalue weighted by Gasteiger charge is 2.38. The normalized spacial score (nSPS) is 18.5. The maximum atomic E-state index is 13.3. The second-order valence-electron chi connectivity index (χ2n) is 9.73. The smallest absolute Gasteiger partial charge is 0.242 e. The van der Waals surface area contributed by atoms with Crippen LogP contribution in [0.5, 0.6) is 0 Å². The summed E-state index contributed by atoms with van der Waals surface area (Å²) in [4.78, 5) is 17.9. The molecule has 0 radical (unpaired) electrons. The van der Waals surface area contributed by atoms with Gasteiger partial charge in [0, 0.05) is 43.3 Å². The summed E-state index contributed by atoms with van der Waals surface area (Å²) in [5.74, 6) is 1.19. The lowest BCUT2D eigenvalue weighted by Crippen LogP contribution is -2.47. The molecule has 1 aliphatic heterocycles. The first-order chi connectivity index (χ1) is 16.7. The number of sulfonamides is 1. The number of amides is 1. The predicted octanol–water partition coefficient (Wildman–Crippen LogP) is 5.00. The molecule has 1 amide bonds. The molecule has 0 bridgehead atoms. The first-order valence-corrected chi connectivity index (χ1v) is 14.7. The zero-order chi connectivity index (χ0) is 25.1. The predicted molar refractivity (Wildman–Crippen MR) is 142 cm³/mol. The van der Waals surface area contributed by atoms with Gasteiger partial charge in [0.25, 0.3) is 0 Å². The number of nitrogens with one attached hydrogen (secondary N) is 2. The Morgan fingerprint density at radius 1 is 1.20 bits per heavy atom. The van der Waals surface area contributed by atoms with Crippen molar-refractivity contribution < 1.29 is 13.2 Å². The monoisotopic (exact) mass is 582 g/mol. The topological polar surface area (TPSA) is 91.4 Å². The number of piperidine rings is 1. The quantitative estimate of drug-likeness (QED) is 0.456. The van der Waals surface area contributed by atoms with Crippen molar-refractivity contribution in [3.05, 3.63) is 51.6 Å². The van der Waals surface area contributed by atoms with Gasteiger partial charge in [0.1, 0.15) is 10.7 Å². The number of nitrogens with zero attached hydrogens (tertiary/aromatic N) is 2. The van der Waals surface area contributed by atoms with E-state index in [2.05, 4.69) is 31.0 Å². The number of aromatic nitrogens is 1. The third-order valence-electron chi connectivity index (χ3n) is 7.11. The Labute approximate surface area is 221 Å². The van der Waals surface area contributed by atoms with E-state index in [1.165, 1.54) is 6.20 Å². The number of halogens is 2. The van der Waals surface area contributed by atoms with E-state index in [0.29, 0.717) is 27.7 Å². The van der Waals surface area contributed by atoms with Gasteiger partial charge in [0.15, 0.2) is 0 Å². The number of hydrogen-bond acceptors (Lipinski definition) is 5. The van der Waals surface area contributed by atoms with Crippen molar-refractivity contribution in [2.75, 3.05) is 25.0 Å². The molecule has 2 fully saturated rings. The fraction of sp³-hybridized carbons (Fsp3) is 0.520. The number of carbonyl (C=O) groups excluding carboxylic acids is 1. The largest absolute Gasteiger partial charge is 0.369 e. The van der Waals surface area contributed by atoms with E-state index >= 15 is 0 Å². The Kier molecular flexibility index (Phi) is 8.41. The molecule has 1 aromatic heterocycles. The third kappa shape index (κ3) is 6.76. The molecule has 1 saturated heterocycles. The fourth-order valence-corrected chi connectivity index (χ4v) is 7.29. The Morgan fingerprint density at radius 3 is 2.46 bits per heavy atom. The molecule has 35 heavy (non-hydrogen) atoms. The van der Waals surface area contributed by atoms with Gasteiger partial charge in [-0.25, -0.2) is 18.1 Å². The number of carbonyl (C=O) groups is 1. The van der Waals surface area contributed by atoms with Crippen LogP contribution < -0.4 is 10.0 Å². The highest BCUT2D eigenvalue weighted by molar-refractivity contribution is 9.10. The Hall–Kier alpha value is -1.68. The molecule has 0 spiro atoms. The molecular formula is C25H32BrClN4O3S. The standard InChI is InChI=1S/C25H32BrClN4O3S/c1-18(32)31-12-8-20(9-13-31)16-28-24-23(26)14-22(17-29-24)35(33,34)30-25(10-2-3-11-25)15-19-4-6-21(27)7-5-19/h4-7,14,17,20,30H,2-3,8-13,15-16H2,1H3,(H,28,29). The van der Waals surface area contributed by atoms with Crippen molar-refractivity contribution in [3.63, 3.8) is 0 Å². The van der Waals surface area contributed by atoms with Crippen LogP contribution in [0.25, 0.3) is 0 Å². The third-order valence-corrected chi connectivity index (χ3v) is 9.51. The minimum atomic E-state index is -3.75. The minimum absolute atomic E-state index is 0.124. The molecule has 190 valence electrons. The average molecular weight is 584 g/mol. The summed E-state index contributed by atoms with van der Waals surface area (Å²) in [6.07, 6.45) is 7.50. The van der Waals surface area contributed by atoms with E-state index in [1.54, 1.807) is 13.0 Å². The molecule has 2 heterocycles. The number of pyridine rings is 1. The van der Waals surface area contributed by atoms with E-state index < -0.39 is 15.6 Å². The number of benzene rings is 1. The molecule has 2 aromatic rings. The highest BCUT2D eigenvalue weighted by atomic mass is 79.9. The number of anilines is 1. The van der Waals surface area contributed by atoms with Crippen LogP contribution in [-0.4, -0.2) is 49.4 Å². The van der Waals surface area contributed by atoms with E-state index in [9.17, 15) is 13.2 Å². The van der Waals surface area contributed by atoms with Crippen LogP contribution in [0.15, 0.2) is 45.9 Å². The van der Waals surface area contributed by atoms with Crippen molar-refractivity contribution >= 4 is 49.3 Å². The SMILES string of the molecule is CC(=O)N1CCC(CNc2ncc(S(=O)(=O)NC3(Cc4ccc(Cl)cc4)CCCC3)cc2Br)CC1. The Bertz CT molecular complexity index is 1150. The second kappa shape index (κ2) is 11.2. The molecule has 1 saturated carbocycles. The van der Waals surface area contributed by atoms with E-state index in [1.807, 2.05) is 29.2 Å². The summed E-state index contributed by atoms with van der Waals surface area (Å²) in [6.45, 7) is 3.88. The van der Waals surface area contributed by atoms with Crippen molar-refractivity contribution in [3.8, 4) is 0 Å². The maximum Gasteiger partial charge on any atom is 0.242 e. The van der Waals surface area contributed by atoms with Gasteiger partial charge >= 0.3 is 0 Å². The van der Waals surface area contributed by atoms with Gasteiger partial charge in [-0.15, -0.1) is 0 Å². The fourth-order valence-electron chi connectivity index (χ4n) is 5.09. The van der Waals surface area contributed by atoms with Gasteiger partial charge in [-0.3, -0.25) is 4.79 Å². The molecule has 1 aromatic carbocycles. The molecule has 10 heteroatoms. The van der Waals surface area contributed by atoms with Crippen LogP contribution in [-0.2, 0) is 21.2 Å². The van der Waals surface area contributed by atoms with Gasteiger partial charge < -0.3 is 10.2 Å². The highest BCUT2D eigenvalue weighted by Crippen LogP contribution is 2.35. The number of likely N-dealkylation sites (tertiary alicyclic amines) is 1. The Balaban J connectivity index is 1.41. The van der Waals surface area contributed by atoms with Crippen LogP contribution in [0.4, 0.5) is 5.82 Å². The first-order valence-electron chi connectivity index (χ1n) is 12.1. The summed E-state index contributed by atoms with van der Waals surface area (Å²) in [6, 6.07) is 9.21. The van der Waals surface area contributed by atoms with Crippen molar-refractivity contribution in [2.24, 2.45) is 5.92 Å². The zero-order valence-electron chi connectivity index (χ0n) is 19.9. The Morgan fingerprint density at radius 2 is 1.86 bits per heavy atom. The lowest BCUT2D eigenvalue weighted by atomic mass is 9.90. The zero-order valence-corrected chi connectivity index (χ0v) is 23.1. The van der Waals surface area contributed by atoms with Crippen LogP contribution in [0, 0.1) is 5.92 Å². The van der Waals surface area contributed by atoms with Crippen molar-refractivity contribution in [1.29, 1.82) is 0 Å². The summed E-state index contributed by atoms with van der Waals surface area (Å²) in [5.41, 5.74) is 0.553. The van der Waals surface area contributed by atoms with E-state index in [-0.39, 0.29) is 10.8 Å². The van der Waals surface area contributed by atoms with E-state index in [4.69, 9.17) is 11.6 Å². The lowest BCUT2D eigenvalue weighted by Gasteiger charge is -2.31. The molecule has 2 aliphatic rings. The molecule has 4 rings (SSSR count). The molecule has 1 aliphatic carbocycles. The summed E-state index contributed by atoms with van der Waals surface area (Å²) in [5, 5.41) is 4.00.